The standard InChI is InChI=1S/C17H26N2O3/c1-6-11(3)16(17(21)22)18-9-14(20)19-15-12(4)7-10(2)8-13(15)5/h7-8,11,16,18H,6,9H2,1-5H3,(H,19,20)(H,21,22)/t11-,16-/m0/s1. The molecule has 0 bridgehead atoms. The summed E-state index contributed by atoms with van der Waals surface area (Å²) in [5.41, 5.74) is 3.95. The highest BCUT2D eigenvalue weighted by atomic mass is 16.4. The van der Waals surface area contributed by atoms with E-state index in [-0.39, 0.29) is 18.4 Å². The van der Waals surface area contributed by atoms with E-state index in [1.54, 1.807) is 0 Å². The highest BCUT2D eigenvalue weighted by Crippen LogP contribution is 2.21. The molecule has 1 amide bonds. The van der Waals surface area contributed by atoms with Crippen LogP contribution in [0.15, 0.2) is 12.1 Å². The molecule has 0 aliphatic rings. The maximum Gasteiger partial charge on any atom is 0.320 e. The molecule has 0 heterocycles. The Hall–Kier alpha value is -1.88. The Morgan fingerprint density at radius 3 is 2.18 bits per heavy atom. The van der Waals surface area contributed by atoms with Gasteiger partial charge < -0.3 is 10.4 Å². The van der Waals surface area contributed by atoms with Gasteiger partial charge in [0, 0.05) is 5.69 Å². The van der Waals surface area contributed by atoms with Crippen molar-refractivity contribution in [2.75, 3.05) is 11.9 Å². The second-order valence-electron chi connectivity index (χ2n) is 5.90. The minimum atomic E-state index is -0.926. The van der Waals surface area contributed by atoms with Gasteiger partial charge in [0.15, 0.2) is 0 Å². The van der Waals surface area contributed by atoms with Crippen LogP contribution in [0.5, 0.6) is 0 Å². The van der Waals surface area contributed by atoms with E-state index < -0.39 is 12.0 Å². The quantitative estimate of drug-likeness (QED) is 0.723. The molecule has 1 aromatic rings. The van der Waals surface area contributed by atoms with Crippen molar-refractivity contribution in [1.82, 2.24) is 5.32 Å². The summed E-state index contributed by atoms with van der Waals surface area (Å²) in [5.74, 6) is -1.19. The van der Waals surface area contributed by atoms with Crippen molar-refractivity contribution in [2.45, 2.75) is 47.1 Å². The number of nitrogens with one attached hydrogen (secondary N) is 2. The Balaban J connectivity index is 2.69. The molecular formula is C17H26N2O3. The lowest BCUT2D eigenvalue weighted by atomic mass is 9.99. The van der Waals surface area contributed by atoms with Crippen molar-refractivity contribution >= 4 is 17.6 Å². The summed E-state index contributed by atoms with van der Waals surface area (Å²) < 4.78 is 0. The molecule has 5 heteroatoms. The number of aliphatic carboxylic acids is 1. The fourth-order valence-corrected chi connectivity index (χ4v) is 2.53. The van der Waals surface area contributed by atoms with Gasteiger partial charge in [-0.15, -0.1) is 0 Å². The van der Waals surface area contributed by atoms with Crippen LogP contribution in [0.4, 0.5) is 5.69 Å². The Morgan fingerprint density at radius 2 is 1.73 bits per heavy atom. The maximum atomic E-state index is 12.1. The Morgan fingerprint density at radius 1 is 1.18 bits per heavy atom. The summed E-state index contributed by atoms with van der Waals surface area (Å²) in [6.07, 6.45) is 0.738. The first kappa shape index (κ1) is 18.2. The minimum Gasteiger partial charge on any atom is -0.480 e. The second-order valence-corrected chi connectivity index (χ2v) is 5.90. The van der Waals surface area contributed by atoms with Gasteiger partial charge in [0.2, 0.25) is 5.91 Å². The third kappa shape index (κ3) is 4.84. The lowest BCUT2D eigenvalue weighted by molar-refractivity contribution is -0.140. The Kier molecular flexibility index (Phi) is 6.56. The van der Waals surface area contributed by atoms with E-state index in [9.17, 15) is 14.7 Å². The van der Waals surface area contributed by atoms with Gasteiger partial charge in [0.25, 0.3) is 0 Å². The van der Waals surface area contributed by atoms with E-state index >= 15 is 0 Å². The average molecular weight is 306 g/mol. The van der Waals surface area contributed by atoms with Gasteiger partial charge >= 0.3 is 5.97 Å². The van der Waals surface area contributed by atoms with Gasteiger partial charge in [-0.05, 0) is 37.8 Å². The van der Waals surface area contributed by atoms with Crippen molar-refractivity contribution in [3.63, 3.8) is 0 Å². The average Bonchev–Trinajstić information content (AvgIpc) is 2.42. The van der Waals surface area contributed by atoms with Crippen LogP contribution in [-0.2, 0) is 9.59 Å². The molecule has 1 aromatic carbocycles. The van der Waals surface area contributed by atoms with E-state index in [1.807, 2.05) is 46.8 Å². The molecule has 0 saturated heterocycles. The molecule has 1 rings (SSSR count). The highest BCUT2D eigenvalue weighted by Gasteiger charge is 2.23. The number of benzene rings is 1. The number of carboxylic acids is 1. The van der Waals surface area contributed by atoms with Crippen LogP contribution in [0.3, 0.4) is 0 Å². The predicted molar refractivity (Wildman–Crippen MR) is 88.2 cm³/mol. The van der Waals surface area contributed by atoms with Gasteiger partial charge in [-0.1, -0.05) is 38.0 Å². The van der Waals surface area contributed by atoms with Gasteiger partial charge in [0.05, 0.1) is 6.54 Å². The first-order valence-electron chi connectivity index (χ1n) is 7.60. The number of hydrogen-bond donors (Lipinski definition) is 3. The van der Waals surface area contributed by atoms with Crippen molar-refractivity contribution in [3.05, 3.63) is 28.8 Å². The third-order valence-electron chi connectivity index (χ3n) is 3.90. The van der Waals surface area contributed by atoms with E-state index in [0.29, 0.717) is 0 Å². The van der Waals surface area contributed by atoms with Crippen molar-refractivity contribution in [3.8, 4) is 0 Å². The van der Waals surface area contributed by atoms with E-state index in [4.69, 9.17) is 0 Å². The number of amides is 1. The number of carbonyl (C=O) groups is 2. The van der Waals surface area contributed by atoms with Gasteiger partial charge in [-0.2, -0.15) is 0 Å². The zero-order chi connectivity index (χ0) is 16.9. The van der Waals surface area contributed by atoms with Crippen LogP contribution < -0.4 is 10.6 Å². The van der Waals surface area contributed by atoms with Crippen LogP contribution in [0.25, 0.3) is 0 Å². The second kappa shape index (κ2) is 7.94. The number of carboxylic acid groups (broad SMARTS) is 1. The van der Waals surface area contributed by atoms with Crippen LogP contribution in [0.2, 0.25) is 0 Å². The lowest BCUT2D eigenvalue weighted by Gasteiger charge is -2.20. The molecule has 0 aromatic heterocycles. The Labute approximate surface area is 132 Å². The van der Waals surface area contributed by atoms with Crippen LogP contribution >= 0.6 is 0 Å². The van der Waals surface area contributed by atoms with Gasteiger partial charge in [0.1, 0.15) is 6.04 Å². The van der Waals surface area contributed by atoms with Crippen molar-refractivity contribution < 1.29 is 14.7 Å². The molecule has 0 unspecified atom stereocenters. The topological polar surface area (TPSA) is 78.4 Å². The smallest absolute Gasteiger partial charge is 0.320 e. The number of rotatable bonds is 7. The summed E-state index contributed by atoms with van der Waals surface area (Å²) in [7, 11) is 0. The molecule has 2 atom stereocenters. The zero-order valence-electron chi connectivity index (χ0n) is 14.0. The SMILES string of the molecule is CC[C@H](C)[C@H](NCC(=O)Nc1c(C)cc(C)cc1C)C(=O)O. The van der Waals surface area contributed by atoms with E-state index in [2.05, 4.69) is 10.6 Å². The van der Waals surface area contributed by atoms with E-state index in [0.717, 1.165) is 28.8 Å². The molecule has 0 spiro atoms. The van der Waals surface area contributed by atoms with Crippen molar-refractivity contribution in [2.24, 2.45) is 5.92 Å². The maximum absolute atomic E-state index is 12.1. The predicted octanol–water partition coefficient (Wildman–Crippen LogP) is 2.64. The van der Waals surface area contributed by atoms with E-state index in [1.165, 1.54) is 0 Å². The Bertz CT molecular complexity index is 532. The molecule has 0 radical (unpaired) electrons. The first-order valence-corrected chi connectivity index (χ1v) is 7.60. The summed E-state index contributed by atoms with van der Waals surface area (Å²) >= 11 is 0. The number of carbonyl (C=O) groups excluding carboxylic acids is 1. The number of hydrogen-bond acceptors (Lipinski definition) is 3. The molecular weight excluding hydrogens is 280 g/mol. The van der Waals surface area contributed by atoms with Crippen LogP contribution in [0, 0.1) is 26.7 Å². The number of anilines is 1. The van der Waals surface area contributed by atoms with Gasteiger partial charge in [-0.3, -0.25) is 14.9 Å². The summed E-state index contributed by atoms with van der Waals surface area (Å²) in [5, 5.41) is 14.9. The molecule has 0 aliphatic heterocycles. The largest absolute Gasteiger partial charge is 0.480 e. The summed E-state index contributed by atoms with van der Waals surface area (Å²) in [6.45, 7) is 9.68. The zero-order valence-corrected chi connectivity index (χ0v) is 14.0. The third-order valence-corrected chi connectivity index (χ3v) is 3.90. The molecule has 0 aliphatic carbocycles. The molecule has 0 fully saturated rings. The molecule has 122 valence electrons. The van der Waals surface area contributed by atoms with Gasteiger partial charge in [-0.25, -0.2) is 0 Å². The lowest BCUT2D eigenvalue weighted by Crippen LogP contribution is -2.45. The molecule has 0 saturated carbocycles. The number of aryl methyl sites for hydroxylation is 3. The fourth-order valence-electron chi connectivity index (χ4n) is 2.53. The fraction of sp³-hybridized carbons (Fsp3) is 0.529. The summed E-state index contributed by atoms with van der Waals surface area (Å²) in [4.78, 5) is 23.3. The minimum absolute atomic E-state index is 0.0198. The normalized spacial score (nSPS) is 13.5. The summed E-state index contributed by atoms with van der Waals surface area (Å²) in [6, 6.07) is 3.31. The molecule has 5 nitrogen and oxygen atoms in total. The monoisotopic (exact) mass is 306 g/mol. The highest BCUT2D eigenvalue weighted by molar-refractivity contribution is 5.94. The molecule has 3 N–H and O–H groups in total. The van der Waals surface area contributed by atoms with Crippen LogP contribution in [0.1, 0.15) is 37.0 Å². The molecule has 22 heavy (non-hydrogen) atoms. The first-order chi connectivity index (χ1) is 10.3. The van der Waals surface area contributed by atoms with Crippen LogP contribution in [-0.4, -0.2) is 29.6 Å². The van der Waals surface area contributed by atoms with Crippen molar-refractivity contribution in [1.29, 1.82) is 0 Å².